The van der Waals surface area contributed by atoms with Crippen molar-refractivity contribution in [2.24, 2.45) is 5.10 Å². The summed E-state index contributed by atoms with van der Waals surface area (Å²) in [6, 6.07) is 28.1. The number of nitrogens with one attached hydrogen (secondary N) is 1. The van der Waals surface area contributed by atoms with Crippen molar-refractivity contribution in [3.8, 4) is 11.5 Å². The first-order valence-electron chi connectivity index (χ1n) is 11.5. The molecule has 0 aliphatic heterocycles. The summed E-state index contributed by atoms with van der Waals surface area (Å²) in [4.78, 5) is 12.4. The molecule has 0 spiro atoms. The smallest absolute Gasteiger partial charge is 0.260 e. The van der Waals surface area contributed by atoms with Gasteiger partial charge < -0.3 is 9.47 Å². The van der Waals surface area contributed by atoms with E-state index in [0.29, 0.717) is 18.1 Å². The number of fused-ring (bicyclic) bond motifs is 1. The van der Waals surface area contributed by atoms with Gasteiger partial charge in [0.1, 0.15) is 24.7 Å². The molecule has 4 rings (SSSR count). The minimum Gasteiger partial charge on any atom is -0.495 e. The number of carbonyl (C=O) groups is 1. The number of benzene rings is 4. The summed E-state index contributed by atoms with van der Waals surface area (Å²) >= 11 is 0. The standard InChI is InChI=1S/C28H27N3O5S/c1-35-27-13-6-5-12-26(27)31(37(2,33)34)19-28(32)30-29-18-21-14-16-24(17-15-21)36-20-23-10-7-9-22-8-3-4-11-25(22)23/h3-18H,19-20H2,1-2H3,(H,30,32)/b29-18-. The number of anilines is 1. The van der Waals surface area contributed by atoms with Crippen LogP contribution in [0, 0.1) is 0 Å². The van der Waals surface area contributed by atoms with Gasteiger partial charge in [0.25, 0.3) is 5.91 Å². The van der Waals surface area contributed by atoms with E-state index in [2.05, 4.69) is 28.7 Å². The Morgan fingerprint density at radius 1 is 0.946 bits per heavy atom. The number of ether oxygens (including phenoxy) is 2. The van der Waals surface area contributed by atoms with Gasteiger partial charge in [0.15, 0.2) is 0 Å². The van der Waals surface area contributed by atoms with Crippen molar-refractivity contribution in [2.75, 3.05) is 24.2 Å². The van der Waals surface area contributed by atoms with Crippen molar-refractivity contribution in [3.63, 3.8) is 0 Å². The highest BCUT2D eigenvalue weighted by molar-refractivity contribution is 7.92. The summed E-state index contributed by atoms with van der Waals surface area (Å²) in [5.41, 5.74) is 4.48. The number of hydrazone groups is 1. The lowest BCUT2D eigenvalue weighted by molar-refractivity contribution is -0.119. The van der Waals surface area contributed by atoms with Crippen LogP contribution >= 0.6 is 0 Å². The lowest BCUT2D eigenvalue weighted by Gasteiger charge is -2.23. The summed E-state index contributed by atoms with van der Waals surface area (Å²) in [6.07, 6.45) is 2.50. The average Bonchev–Trinajstić information content (AvgIpc) is 2.90. The molecule has 0 heterocycles. The lowest BCUT2D eigenvalue weighted by atomic mass is 10.1. The normalized spacial score (nSPS) is 11.4. The maximum absolute atomic E-state index is 12.4. The largest absolute Gasteiger partial charge is 0.495 e. The van der Waals surface area contributed by atoms with Crippen molar-refractivity contribution in [3.05, 3.63) is 102 Å². The van der Waals surface area contributed by atoms with Crippen LogP contribution in [0.1, 0.15) is 11.1 Å². The number of carbonyl (C=O) groups excluding carboxylic acids is 1. The number of hydrogen-bond donors (Lipinski definition) is 1. The van der Waals surface area contributed by atoms with Gasteiger partial charge in [-0.05, 0) is 58.3 Å². The molecular formula is C28H27N3O5S. The average molecular weight is 518 g/mol. The molecule has 0 aliphatic carbocycles. The SMILES string of the molecule is COc1ccccc1N(CC(=O)N/N=C\c1ccc(OCc2cccc3ccccc23)cc1)S(C)(=O)=O. The molecule has 4 aromatic rings. The maximum Gasteiger partial charge on any atom is 0.260 e. The fraction of sp³-hybridized carbons (Fsp3) is 0.143. The molecular weight excluding hydrogens is 490 g/mol. The van der Waals surface area contributed by atoms with Gasteiger partial charge in [-0.25, -0.2) is 13.8 Å². The zero-order chi connectivity index (χ0) is 26.3. The third kappa shape index (κ3) is 6.65. The zero-order valence-corrected chi connectivity index (χ0v) is 21.3. The highest BCUT2D eigenvalue weighted by Crippen LogP contribution is 2.29. The monoisotopic (exact) mass is 517 g/mol. The number of sulfonamides is 1. The first kappa shape index (κ1) is 25.7. The number of rotatable bonds is 10. The molecule has 9 heteroatoms. The Hall–Kier alpha value is -4.37. The van der Waals surface area contributed by atoms with Crippen LogP contribution in [0.2, 0.25) is 0 Å². The Balaban J connectivity index is 1.34. The van der Waals surface area contributed by atoms with Crippen LogP contribution in [0.15, 0.2) is 96.1 Å². The Labute approximate surface area is 216 Å². The highest BCUT2D eigenvalue weighted by Gasteiger charge is 2.23. The van der Waals surface area contributed by atoms with Crippen LogP contribution in [-0.2, 0) is 21.4 Å². The maximum atomic E-state index is 12.4. The lowest BCUT2D eigenvalue weighted by Crippen LogP contribution is -2.39. The van der Waals surface area contributed by atoms with Crippen LogP contribution in [0.5, 0.6) is 11.5 Å². The van der Waals surface area contributed by atoms with Gasteiger partial charge in [0.05, 0.1) is 25.3 Å². The summed E-state index contributed by atoms with van der Waals surface area (Å²) in [5, 5.41) is 6.28. The topological polar surface area (TPSA) is 97.3 Å². The predicted octanol–water partition coefficient (Wildman–Crippen LogP) is 4.34. The number of hydrogen-bond acceptors (Lipinski definition) is 6. The van der Waals surface area contributed by atoms with E-state index < -0.39 is 22.5 Å². The third-order valence-corrected chi connectivity index (χ3v) is 6.73. The Kier molecular flexibility index (Phi) is 8.05. The van der Waals surface area contributed by atoms with Crippen molar-refractivity contribution in [1.29, 1.82) is 0 Å². The number of methoxy groups -OCH3 is 1. The summed E-state index contributed by atoms with van der Waals surface area (Å²) < 4.78 is 36.8. The summed E-state index contributed by atoms with van der Waals surface area (Å²) in [6.45, 7) is -0.00856. The fourth-order valence-electron chi connectivity index (χ4n) is 3.79. The molecule has 0 atom stereocenters. The first-order valence-corrected chi connectivity index (χ1v) is 13.3. The molecule has 0 saturated carbocycles. The van der Waals surface area contributed by atoms with E-state index >= 15 is 0 Å². The summed E-state index contributed by atoms with van der Waals surface area (Å²) in [7, 11) is -2.30. The molecule has 8 nitrogen and oxygen atoms in total. The summed E-state index contributed by atoms with van der Waals surface area (Å²) in [5.74, 6) is 0.448. The third-order valence-electron chi connectivity index (χ3n) is 5.60. The van der Waals surface area contributed by atoms with Crippen LogP contribution in [0.4, 0.5) is 5.69 Å². The van der Waals surface area contributed by atoms with Crippen molar-refractivity contribution >= 4 is 38.6 Å². The van der Waals surface area contributed by atoms with E-state index in [1.165, 1.54) is 18.7 Å². The van der Waals surface area contributed by atoms with Crippen molar-refractivity contribution in [2.45, 2.75) is 6.61 Å². The van der Waals surface area contributed by atoms with E-state index in [1.54, 1.807) is 24.3 Å². The molecule has 0 fully saturated rings. The van der Waals surface area contributed by atoms with Gasteiger partial charge in [-0.2, -0.15) is 5.10 Å². The van der Waals surface area contributed by atoms with Gasteiger partial charge in [-0.15, -0.1) is 0 Å². The van der Waals surface area contributed by atoms with Crippen LogP contribution < -0.4 is 19.2 Å². The Morgan fingerprint density at radius 3 is 2.41 bits per heavy atom. The van der Waals surface area contributed by atoms with E-state index in [4.69, 9.17) is 9.47 Å². The minimum absolute atomic E-state index is 0.269. The van der Waals surface area contributed by atoms with Gasteiger partial charge in [0.2, 0.25) is 10.0 Å². The highest BCUT2D eigenvalue weighted by atomic mass is 32.2. The molecule has 0 unspecified atom stereocenters. The van der Waals surface area contributed by atoms with E-state index in [9.17, 15) is 13.2 Å². The molecule has 37 heavy (non-hydrogen) atoms. The first-order chi connectivity index (χ1) is 17.8. The zero-order valence-electron chi connectivity index (χ0n) is 20.5. The quantitative estimate of drug-likeness (QED) is 0.249. The Bertz CT molecular complexity index is 1510. The molecule has 0 aromatic heterocycles. The number of para-hydroxylation sites is 2. The molecule has 0 saturated heterocycles. The van der Waals surface area contributed by atoms with Gasteiger partial charge in [-0.3, -0.25) is 9.10 Å². The second-order valence-electron chi connectivity index (χ2n) is 8.23. The second kappa shape index (κ2) is 11.6. The van der Waals surface area contributed by atoms with Gasteiger partial charge >= 0.3 is 0 Å². The fourth-order valence-corrected chi connectivity index (χ4v) is 4.65. The Morgan fingerprint density at radius 2 is 1.65 bits per heavy atom. The minimum atomic E-state index is -3.74. The molecule has 1 N–H and O–H groups in total. The van der Waals surface area contributed by atoms with E-state index in [0.717, 1.165) is 27.1 Å². The second-order valence-corrected chi connectivity index (χ2v) is 10.1. The van der Waals surface area contributed by atoms with Gasteiger partial charge in [0, 0.05) is 0 Å². The van der Waals surface area contributed by atoms with Crippen molar-refractivity contribution in [1.82, 2.24) is 5.43 Å². The predicted molar refractivity (Wildman–Crippen MR) is 146 cm³/mol. The van der Waals surface area contributed by atoms with Crippen LogP contribution in [-0.4, -0.2) is 40.4 Å². The molecule has 0 aliphatic rings. The molecule has 1 amide bonds. The van der Waals surface area contributed by atoms with E-state index in [1.807, 2.05) is 48.5 Å². The van der Waals surface area contributed by atoms with Crippen LogP contribution in [0.25, 0.3) is 10.8 Å². The molecule has 190 valence electrons. The van der Waals surface area contributed by atoms with Crippen LogP contribution in [0.3, 0.4) is 0 Å². The van der Waals surface area contributed by atoms with Gasteiger partial charge in [-0.1, -0.05) is 54.6 Å². The molecule has 4 aromatic carbocycles. The number of nitrogens with zero attached hydrogens (tertiary/aromatic N) is 2. The van der Waals surface area contributed by atoms with E-state index in [-0.39, 0.29) is 5.69 Å². The molecule has 0 bridgehead atoms. The molecule has 0 radical (unpaired) electrons. The number of amides is 1. The van der Waals surface area contributed by atoms with Crippen molar-refractivity contribution < 1.29 is 22.7 Å².